The molecule has 2 rings (SSSR count). The number of amides is 1. The molecule has 0 bridgehead atoms. The van der Waals surface area contributed by atoms with Crippen molar-refractivity contribution in [1.82, 2.24) is 5.32 Å². The highest BCUT2D eigenvalue weighted by atomic mass is 35.5. The Bertz CT molecular complexity index is 874. The molecular formula is C21H32ClN7O4. The van der Waals surface area contributed by atoms with E-state index in [4.69, 9.17) is 43.0 Å². The Kier molecular flexibility index (Phi) is 10.9. The van der Waals surface area contributed by atoms with E-state index in [2.05, 4.69) is 15.3 Å². The molecular weight excluding hydrogens is 450 g/mol. The van der Waals surface area contributed by atoms with E-state index in [1.54, 1.807) is 31.4 Å². The summed E-state index contributed by atoms with van der Waals surface area (Å²) in [4.78, 5) is 22.3. The van der Waals surface area contributed by atoms with Crippen molar-refractivity contribution in [2.45, 2.75) is 25.9 Å². The number of hydrogen-bond donors (Lipinski definition) is 4. The van der Waals surface area contributed by atoms with E-state index in [0.29, 0.717) is 44.4 Å². The van der Waals surface area contributed by atoms with Crippen molar-refractivity contribution in [3.05, 3.63) is 35.2 Å². The van der Waals surface area contributed by atoms with Crippen LogP contribution in [0.2, 0.25) is 0 Å². The number of nitrogens with zero attached hydrogens (tertiary/aromatic N) is 3. The summed E-state index contributed by atoms with van der Waals surface area (Å²) in [5.74, 6) is 0.132. The van der Waals surface area contributed by atoms with Crippen molar-refractivity contribution < 1.29 is 19.0 Å². The van der Waals surface area contributed by atoms with Crippen LogP contribution in [0.4, 0.5) is 5.69 Å². The lowest BCUT2D eigenvalue weighted by Crippen LogP contribution is -2.57. The van der Waals surface area contributed by atoms with Crippen LogP contribution in [0.1, 0.15) is 19.8 Å². The molecule has 1 aliphatic rings. The normalized spacial score (nSPS) is 16.6. The predicted octanol–water partition coefficient (Wildman–Crippen LogP) is 0.829. The van der Waals surface area contributed by atoms with Crippen molar-refractivity contribution in [1.29, 1.82) is 0 Å². The molecule has 33 heavy (non-hydrogen) atoms. The molecule has 1 aliphatic heterocycles. The molecule has 182 valence electrons. The van der Waals surface area contributed by atoms with Gasteiger partial charge >= 0.3 is 0 Å². The summed E-state index contributed by atoms with van der Waals surface area (Å²) in [6, 6.07) is 7.00. The number of anilines is 1. The number of halogens is 1. The van der Waals surface area contributed by atoms with Gasteiger partial charge < -0.3 is 36.3 Å². The van der Waals surface area contributed by atoms with Gasteiger partial charge in [-0.3, -0.25) is 15.1 Å². The number of unbranched alkanes of at least 4 members (excludes halogenated alkanes) is 1. The van der Waals surface area contributed by atoms with Crippen LogP contribution in [0.25, 0.3) is 0 Å². The molecule has 0 aliphatic carbocycles. The maximum Gasteiger partial charge on any atom is 0.275 e. The van der Waals surface area contributed by atoms with Gasteiger partial charge in [-0.1, -0.05) is 24.9 Å². The molecule has 0 fully saturated rings. The zero-order chi connectivity index (χ0) is 24.2. The first kappa shape index (κ1) is 26.4. The maximum absolute atomic E-state index is 12.7. The van der Waals surface area contributed by atoms with Crippen LogP contribution in [0.15, 0.2) is 45.2 Å². The van der Waals surface area contributed by atoms with E-state index in [1.807, 2.05) is 6.92 Å². The van der Waals surface area contributed by atoms with E-state index in [9.17, 15) is 4.79 Å². The smallest absolute Gasteiger partial charge is 0.275 e. The van der Waals surface area contributed by atoms with Gasteiger partial charge in [0, 0.05) is 19.3 Å². The van der Waals surface area contributed by atoms with E-state index in [1.165, 1.54) is 4.90 Å². The molecule has 1 amide bonds. The van der Waals surface area contributed by atoms with Gasteiger partial charge in [-0.2, -0.15) is 0 Å². The zero-order valence-corrected chi connectivity index (χ0v) is 19.7. The Morgan fingerprint density at radius 1 is 1.24 bits per heavy atom. The summed E-state index contributed by atoms with van der Waals surface area (Å²) in [5.41, 5.74) is 18.8. The molecule has 12 heteroatoms. The molecule has 0 spiro atoms. The molecule has 0 aromatic heterocycles. The van der Waals surface area contributed by atoms with Crippen molar-refractivity contribution in [3.8, 4) is 5.75 Å². The van der Waals surface area contributed by atoms with Crippen molar-refractivity contribution in [3.63, 3.8) is 0 Å². The highest BCUT2D eigenvalue weighted by Crippen LogP contribution is 2.28. The molecule has 11 nitrogen and oxygen atoms in total. The number of guanidine groups is 1. The number of aliphatic imine (C=N–C) groups is 2. The summed E-state index contributed by atoms with van der Waals surface area (Å²) in [6.07, 6.45) is 0.830. The van der Waals surface area contributed by atoms with Gasteiger partial charge in [0.1, 0.15) is 30.1 Å². The Morgan fingerprint density at radius 2 is 1.94 bits per heavy atom. The number of nitrogens with two attached hydrogens (primary N) is 3. The first-order valence-electron chi connectivity index (χ1n) is 10.6. The van der Waals surface area contributed by atoms with Crippen molar-refractivity contribution >= 4 is 34.9 Å². The Hall–Kier alpha value is -2.86. The summed E-state index contributed by atoms with van der Waals surface area (Å²) in [5, 5.41) is 2.43. The number of carbonyl (C=O) groups is 1. The lowest BCUT2D eigenvalue weighted by molar-refractivity contribution is -0.113. The lowest BCUT2D eigenvalue weighted by Gasteiger charge is -2.34. The van der Waals surface area contributed by atoms with E-state index < -0.39 is 12.1 Å². The summed E-state index contributed by atoms with van der Waals surface area (Å²) in [6.45, 7) is 4.40. The van der Waals surface area contributed by atoms with E-state index in [0.717, 1.165) is 12.8 Å². The van der Waals surface area contributed by atoms with Crippen LogP contribution in [-0.2, 0) is 14.3 Å². The molecule has 7 N–H and O–H groups in total. The van der Waals surface area contributed by atoms with Crippen LogP contribution in [0, 0.1) is 0 Å². The number of rotatable bonds is 12. The monoisotopic (exact) mass is 481 g/mol. The van der Waals surface area contributed by atoms with E-state index in [-0.39, 0.29) is 22.6 Å². The summed E-state index contributed by atoms with van der Waals surface area (Å²) in [7, 11) is 1.62. The largest absolute Gasteiger partial charge is 0.491 e. The minimum atomic E-state index is -0.989. The van der Waals surface area contributed by atoms with Crippen LogP contribution in [0.5, 0.6) is 5.75 Å². The number of ether oxygens (including phenoxy) is 3. The highest BCUT2D eigenvalue weighted by Gasteiger charge is 2.33. The van der Waals surface area contributed by atoms with Crippen LogP contribution in [0.3, 0.4) is 0 Å². The lowest BCUT2D eigenvalue weighted by atomic mass is 10.1. The third-order valence-electron chi connectivity index (χ3n) is 4.56. The van der Waals surface area contributed by atoms with Gasteiger partial charge in [-0.25, -0.2) is 4.99 Å². The zero-order valence-electron chi connectivity index (χ0n) is 18.9. The molecule has 0 saturated carbocycles. The molecule has 1 aromatic rings. The first-order chi connectivity index (χ1) is 15.9. The third-order valence-corrected chi connectivity index (χ3v) is 4.84. The van der Waals surface area contributed by atoms with Gasteiger partial charge in [0.25, 0.3) is 5.91 Å². The van der Waals surface area contributed by atoms with Crippen LogP contribution < -0.4 is 32.2 Å². The second-order valence-corrected chi connectivity index (χ2v) is 7.37. The quantitative estimate of drug-likeness (QED) is 0.147. The molecule has 1 unspecified atom stereocenters. The minimum Gasteiger partial charge on any atom is -0.491 e. The molecule has 1 aromatic carbocycles. The Balaban J connectivity index is 2.04. The Morgan fingerprint density at radius 3 is 2.61 bits per heavy atom. The molecule has 1 heterocycles. The number of carbonyl (C=O) groups excluding carboxylic acids is 1. The number of nitrogens with one attached hydrogen (secondary N) is 1. The van der Waals surface area contributed by atoms with Crippen LogP contribution in [-0.4, -0.2) is 63.8 Å². The summed E-state index contributed by atoms with van der Waals surface area (Å²) >= 11 is 6.19. The first-order valence-corrected chi connectivity index (χ1v) is 11.0. The van der Waals surface area contributed by atoms with Gasteiger partial charge in [0.05, 0.1) is 19.8 Å². The number of hydrogen-bond acceptors (Lipinski definition) is 9. The van der Waals surface area contributed by atoms with Crippen LogP contribution >= 0.6 is 11.6 Å². The topological polar surface area (TPSA) is 163 Å². The maximum atomic E-state index is 12.7. The second-order valence-electron chi connectivity index (χ2n) is 7.01. The fourth-order valence-electron chi connectivity index (χ4n) is 2.83. The summed E-state index contributed by atoms with van der Waals surface area (Å²) < 4.78 is 15.9. The number of methoxy groups -OCH3 is 1. The fraction of sp³-hybridized carbons (Fsp3) is 0.476. The fourth-order valence-corrected chi connectivity index (χ4v) is 3.01. The SMILES string of the molecule is CCCCN=C(N)NC(=O)C1=NC(Cl)=C(N)N(c2ccc(OCCOCCOC)cc2)C1N. The third kappa shape index (κ3) is 7.90. The van der Waals surface area contributed by atoms with Gasteiger partial charge in [0.2, 0.25) is 0 Å². The van der Waals surface area contributed by atoms with Crippen molar-refractivity contribution in [2.75, 3.05) is 45.0 Å². The molecule has 1 atom stereocenters. The average molecular weight is 482 g/mol. The molecule has 0 saturated heterocycles. The van der Waals surface area contributed by atoms with Gasteiger partial charge in [-0.15, -0.1) is 0 Å². The minimum absolute atomic E-state index is 0.0127. The second kappa shape index (κ2) is 13.6. The Labute approximate surface area is 198 Å². The highest BCUT2D eigenvalue weighted by molar-refractivity contribution is 6.45. The van der Waals surface area contributed by atoms with Gasteiger partial charge in [0.15, 0.2) is 11.1 Å². The van der Waals surface area contributed by atoms with Gasteiger partial charge in [-0.05, 0) is 30.7 Å². The standard InChI is InChI=1S/C21H32ClN7O4/c1-3-4-9-26-21(25)28-20(30)16-18(23)29(19(24)17(22)27-16)14-5-7-15(8-6-14)33-13-12-32-11-10-31-2/h5-8,18H,3-4,9-13,23-24H2,1-2H3,(H3,25,26,28,30). The van der Waals surface area contributed by atoms with E-state index >= 15 is 0 Å². The average Bonchev–Trinajstić information content (AvgIpc) is 2.79. The predicted molar refractivity (Wildman–Crippen MR) is 129 cm³/mol. The molecule has 0 radical (unpaired) electrons. The number of benzene rings is 1. The van der Waals surface area contributed by atoms with Crippen molar-refractivity contribution in [2.24, 2.45) is 27.2 Å².